The average Bonchev–Trinajstić information content (AvgIpc) is 2.69. The predicted molar refractivity (Wildman–Crippen MR) is 105 cm³/mol. The summed E-state index contributed by atoms with van der Waals surface area (Å²) in [7, 11) is 3.12. The fraction of sp³-hybridized carbons (Fsp3) is 0.0952. The Morgan fingerprint density at radius 1 is 0.769 bits per heavy atom. The largest absolute Gasteiger partial charge is 0.493 e. The van der Waals surface area contributed by atoms with Crippen LogP contribution in [-0.2, 0) is 0 Å². The van der Waals surface area contributed by atoms with Gasteiger partial charge < -0.3 is 9.47 Å². The van der Waals surface area contributed by atoms with Crippen LogP contribution < -0.4 is 9.47 Å². The molecule has 0 aliphatic heterocycles. The summed E-state index contributed by atoms with van der Waals surface area (Å²) >= 11 is 7.52. The first kappa shape index (κ1) is 18.4. The molecule has 0 N–H and O–H groups in total. The van der Waals surface area contributed by atoms with Gasteiger partial charge in [-0.2, -0.15) is 0 Å². The van der Waals surface area contributed by atoms with Gasteiger partial charge in [0.25, 0.3) is 0 Å². The van der Waals surface area contributed by atoms with E-state index in [1.165, 1.54) is 0 Å². The molecule has 0 radical (unpaired) electrons. The summed E-state index contributed by atoms with van der Waals surface area (Å²) in [6.45, 7) is 0. The minimum absolute atomic E-state index is 0.0611. The quantitative estimate of drug-likeness (QED) is 0.508. The molecule has 0 bridgehead atoms. The Morgan fingerprint density at radius 3 is 1.88 bits per heavy atom. The van der Waals surface area contributed by atoms with Crippen molar-refractivity contribution in [3.05, 3.63) is 82.9 Å². The molecule has 0 saturated carbocycles. The van der Waals surface area contributed by atoms with Gasteiger partial charge in [-0.15, -0.1) is 0 Å². The van der Waals surface area contributed by atoms with E-state index in [1.54, 1.807) is 44.2 Å². The Balaban J connectivity index is 1.77. The number of ether oxygens (including phenoxy) is 2. The van der Waals surface area contributed by atoms with Gasteiger partial charge >= 0.3 is 0 Å². The van der Waals surface area contributed by atoms with Crippen molar-refractivity contribution in [1.29, 1.82) is 0 Å². The number of rotatable bonds is 6. The van der Waals surface area contributed by atoms with Crippen molar-refractivity contribution >= 4 is 29.1 Å². The highest BCUT2D eigenvalue weighted by Gasteiger charge is 2.13. The van der Waals surface area contributed by atoms with Crippen LogP contribution in [0.4, 0.5) is 0 Å². The van der Waals surface area contributed by atoms with Gasteiger partial charge in [0.2, 0.25) is 0 Å². The monoisotopic (exact) mass is 384 g/mol. The fourth-order valence-corrected chi connectivity index (χ4v) is 3.40. The Morgan fingerprint density at radius 2 is 1.31 bits per heavy atom. The second-order valence-corrected chi connectivity index (χ2v) is 7.06. The Hall–Kier alpha value is -2.43. The van der Waals surface area contributed by atoms with Crippen LogP contribution in [0.15, 0.2) is 76.5 Å². The Labute approximate surface area is 161 Å². The second kappa shape index (κ2) is 8.30. The van der Waals surface area contributed by atoms with Crippen molar-refractivity contribution in [2.24, 2.45) is 0 Å². The predicted octanol–water partition coefficient (Wildman–Crippen LogP) is 5.74. The summed E-state index contributed by atoms with van der Waals surface area (Å²) in [5, 5.41) is 0.713. The maximum absolute atomic E-state index is 12.7. The van der Waals surface area contributed by atoms with Gasteiger partial charge in [0.15, 0.2) is 17.3 Å². The van der Waals surface area contributed by atoms with Crippen molar-refractivity contribution < 1.29 is 14.3 Å². The molecule has 3 aromatic carbocycles. The number of carbonyl (C=O) groups is 1. The van der Waals surface area contributed by atoms with E-state index in [-0.39, 0.29) is 5.78 Å². The van der Waals surface area contributed by atoms with Gasteiger partial charge in [-0.3, -0.25) is 4.79 Å². The minimum Gasteiger partial charge on any atom is -0.493 e. The first-order valence-electron chi connectivity index (χ1n) is 7.91. The summed E-state index contributed by atoms with van der Waals surface area (Å²) in [5.41, 5.74) is 1.18. The lowest BCUT2D eigenvalue weighted by atomic mass is 10.0. The topological polar surface area (TPSA) is 35.5 Å². The highest BCUT2D eigenvalue weighted by Crippen LogP contribution is 2.30. The van der Waals surface area contributed by atoms with Crippen molar-refractivity contribution in [2.45, 2.75) is 9.79 Å². The van der Waals surface area contributed by atoms with Crippen LogP contribution in [0, 0.1) is 0 Å². The summed E-state index contributed by atoms with van der Waals surface area (Å²) in [4.78, 5) is 14.8. The zero-order chi connectivity index (χ0) is 18.5. The van der Waals surface area contributed by atoms with E-state index in [1.807, 2.05) is 48.5 Å². The van der Waals surface area contributed by atoms with Crippen LogP contribution in [0.25, 0.3) is 0 Å². The molecule has 0 aromatic heterocycles. The third kappa shape index (κ3) is 4.21. The lowest BCUT2D eigenvalue weighted by molar-refractivity contribution is 0.103. The van der Waals surface area contributed by atoms with Crippen LogP contribution in [-0.4, -0.2) is 20.0 Å². The maximum atomic E-state index is 12.7. The van der Waals surface area contributed by atoms with E-state index in [9.17, 15) is 4.79 Å². The van der Waals surface area contributed by atoms with E-state index in [2.05, 4.69) is 0 Å². The van der Waals surface area contributed by atoms with Crippen molar-refractivity contribution in [2.75, 3.05) is 14.2 Å². The third-order valence-electron chi connectivity index (χ3n) is 3.81. The first-order chi connectivity index (χ1) is 12.6. The number of methoxy groups -OCH3 is 2. The summed E-state index contributed by atoms with van der Waals surface area (Å²) in [6.07, 6.45) is 0. The maximum Gasteiger partial charge on any atom is 0.193 e. The molecule has 3 aromatic rings. The SMILES string of the molecule is COc1ccc(C(=O)c2ccc(Sc3ccc(Cl)cc3)cc2)cc1OC. The highest BCUT2D eigenvalue weighted by molar-refractivity contribution is 7.99. The van der Waals surface area contributed by atoms with Crippen LogP contribution in [0.2, 0.25) is 5.02 Å². The molecule has 0 atom stereocenters. The molecule has 0 aliphatic carbocycles. The molecular weight excluding hydrogens is 368 g/mol. The molecule has 0 unspecified atom stereocenters. The Kier molecular flexibility index (Phi) is 5.86. The van der Waals surface area contributed by atoms with Gasteiger partial charge in [-0.05, 0) is 66.7 Å². The molecule has 0 fully saturated rings. The normalized spacial score (nSPS) is 10.4. The molecule has 132 valence electrons. The van der Waals surface area contributed by atoms with Crippen molar-refractivity contribution in [1.82, 2.24) is 0 Å². The van der Waals surface area contributed by atoms with E-state index in [0.717, 1.165) is 9.79 Å². The van der Waals surface area contributed by atoms with Crippen molar-refractivity contribution in [3.8, 4) is 11.5 Å². The second-order valence-electron chi connectivity index (χ2n) is 5.48. The molecule has 0 aliphatic rings. The average molecular weight is 385 g/mol. The van der Waals surface area contributed by atoms with Gasteiger partial charge in [-0.1, -0.05) is 23.4 Å². The molecule has 5 heteroatoms. The lowest BCUT2D eigenvalue weighted by Gasteiger charge is -2.09. The molecule has 3 nitrogen and oxygen atoms in total. The smallest absolute Gasteiger partial charge is 0.193 e. The van der Waals surface area contributed by atoms with Crippen LogP contribution >= 0.6 is 23.4 Å². The van der Waals surface area contributed by atoms with E-state index < -0.39 is 0 Å². The van der Waals surface area contributed by atoms with Crippen molar-refractivity contribution in [3.63, 3.8) is 0 Å². The lowest BCUT2D eigenvalue weighted by Crippen LogP contribution is -2.02. The molecule has 0 saturated heterocycles. The molecule has 26 heavy (non-hydrogen) atoms. The van der Waals surface area contributed by atoms with Gasteiger partial charge in [0, 0.05) is 25.9 Å². The molecular formula is C21H17ClO3S. The van der Waals surface area contributed by atoms with Gasteiger partial charge in [0.1, 0.15) is 0 Å². The number of halogens is 1. The number of hydrogen-bond donors (Lipinski definition) is 0. The highest BCUT2D eigenvalue weighted by atomic mass is 35.5. The molecule has 0 spiro atoms. The number of hydrogen-bond acceptors (Lipinski definition) is 4. The number of ketones is 1. The van der Waals surface area contributed by atoms with Crippen LogP contribution in [0.3, 0.4) is 0 Å². The molecule has 0 heterocycles. The van der Waals surface area contributed by atoms with Crippen LogP contribution in [0.1, 0.15) is 15.9 Å². The molecule has 0 amide bonds. The minimum atomic E-state index is -0.0611. The summed E-state index contributed by atoms with van der Waals surface area (Å²) in [5.74, 6) is 1.07. The zero-order valence-corrected chi connectivity index (χ0v) is 15.9. The fourth-order valence-electron chi connectivity index (χ4n) is 2.46. The number of benzene rings is 3. The Bertz CT molecular complexity index is 906. The van der Waals surface area contributed by atoms with E-state index in [0.29, 0.717) is 27.6 Å². The standard InChI is InChI=1S/C21H17ClO3S/c1-24-19-12-5-15(13-20(19)25-2)21(23)14-3-8-17(9-4-14)26-18-10-6-16(22)7-11-18/h3-13H,1-2H3. The van der Waals surface area contributed by atoms with E-state index >= 15 is 0 Å². The van der Waals surface area contributed by atoms with Gasteiger partial charge in [-0.25, -0.2) is 0 Å². The van der Waals surface area contributed by atoms with E-state index in [4.69, 9.17) is 21.1 Å². The van der Waals surface area contributed by atoms with Crippen LogP contribution in [0.5, 0.6) is 11.5 Å². The van der Waals surface area contributed by atoms with Gasteiger partial charge in [0.05, 0.1) is 14.2 Å². The summed E-state index contributed by atoms with van der Waals surface area (Å²) < 4.78 is 10.5. The molecule has 3 rings (SSSR count). The summed E-state index contributed by atoms with van der Waals surface area (Å²) in [6, 6.07) is 20.4. The number of carbonyl (C=O) groups excluding carboxylic acids is 1. The third-order valence-corrected chi connectivity index (χ3v) is 5.08. The first-order valence-corrected chi connectivity index (χ1v) is 9.10. The zero-order valence-electron chi connectivity index (χ0n) is 14.4.